The molecule has 0 bridgehead atoms. The third-order valence-electron chi connectivity index (χ3n) is 8.72. The number of aromatic amines is 1. The van der Waals surface area contributed by atoms with Gasteiger partial charge in [0.05, 0.1) is 43.9 Å². The van der Waals surface area contributed by atoms with Crippen molar-refractivity contribution < 1.29 is 23.8 Å². The van der Waals surface area contributed by atoms with E-state index >= 15 is 0 Å². The molecule has 0 saturated carbocycles. The third kappa shape index (κ3) is 5.95. The first-order chi connectivity index (χ1) is 22.1. The van der Waals surface area contributed by atoms with Crippen LogP contribution in [0.15, 0.2) is 77.8 Å². The lowest BCUT2D eigenvalue weighted by molar-refractivity contribution is -0.134. The number of ether oxygens (including phenoxy) is 3. The second-order valence-electron chi connectivity index (χ2n) is 11.5. The summed E-state index contributed by atoms with van der Waals surface area (Å²) in [6.45, 7) is 4.44. The maximum Gasteiger partial charge on any atom is 0.407 e. The first-order valence-corrected chi connectivity index (χ1v) is 15.4. The van der Waals surface area contributed by atoms with Crippen LogP contribution in [-0.4, -0.2) is 79.3 Å². The van der Waals surface area contributed by atoms with Gasteiger partial charge < -0.3 is 34.3 Å². The molecule has 45 heavy (non-hydrogen) atoms. The molecule has 3 aliphatic rings. The molecule has 3 atom stereocenters. The minimum absolute atomic E-state index is 0.138. The maximum atomic E-state index is 13.8. The Labute approximate surface area is 261 Å². The monoisotopic (exact) mass is 608 g/mol. The molecule has 2 saturated heterocycles. The minimum atomic E-state index is -0.865. The van der Waals surface area contributed by atoms with E-state index in [2.05, 4.69) is 39.5 Å². The number of H-pyrrole nitrogens is 1. The zero-order chi connectivity index (χ0) is 30.8. The maximum absolute atomic E-state index is 13.8. The number of morpholine rings is 1. The van der Waals surface area contributed by atoms with Gasteiger partial charge in [0.15, 0.2) is 0 Å². The number of nitrogens with one attached hydrogen (secondary N) is 2. The van der Waals surface area contributed by atoms with Crippen LogP contribution in [0.3, 0.4) is 0 Å². The Morgan fingerprint density at radius 3 is 2.60 bits per heavy atom. The van der Waals surface area contributed by atoms with Crippen LogP contribution in [0.25, 0.3) is 11.0 Å². The topological polar surface area (TPSA) is 121 Å². The molecule has 11 nitrogen and oxygen atoms in total. The number of aliphatic imine (C=N–C) groups is 1. The lowest BCUT2D eigenvalue weighted by Gasteiger charge is -2.29. The number of fused-ring (bicyclic) bond motifs is 1. The molecule has 4 heterocycles. The van der Waals surface area contributed by atoms with Gasteiger partial charge in [-0.3, -0.25) is 4.79 Å². The van der Waals surface area contributed by atoms with Crippen molar-refractivity contribution in [2.75, 3.05) is 51.4 Å². The van der Waals surface area contributed by atoms with Gasteiger partial charge in [-0.15, -0.1) is 0 Å². The quantitative estimate of drug-likeness (QED) is 0.313. The standard InChI is InChI=1S/C34H36N6O5/c1-43-34(42)38-30(23-6-3-2-4-7-23)33(41)40-15-5-8-28(40)31-36-26-14-11-24(20-27(26)37-31)32-35-21-29(45-32)22-9-12-25(13-10-22)39-16-18-44-19-17-39/h2-4,6-7,9-14,20,28-30H,5,8,15-19,21H2,1H3,(H,36,37)(H,38,42)/t28-,29?,30+/m0/s1. The fourth-order valence-electron chi connectivity index (χ4n) is 6.34. The highest BCUT2D eigenvalue weighted by Crippen LogP contribution is 2.35. The van der Waals surface area contributed by atoms with Crippen LogP contribution in [0.5, 0.6) is 0 Å². The van der Waals surface area contributed by atoms with Crippen molar-refractivity contribution in [3.63, 3.8) is 0 Å². The van der Waals surface area contributed by atoms with E-state index in [1.54, 1.807) is 4.90 Å². The molecule has 4 aromatic rings. The largest absolute Gasteiger partial charge is 0.467 e. The fraction of sp³-hybridized carbons (Fsp3) is 0.353. The molecule has 7 rings (SSSR count). The predicted molar refractivity (Wildman–Crippen MR) is 169 cm³/mol. The molecule has 232 valence electrons. The summed E-state index contributed by atoms with van der Waals surface area (Å²) in [6, 6.07) is 22.5. The van der Waals surface area contributed by atoms with Crippen molar-refractivity contribution in [2.24, 2.45) is 4.99 Å². The minimum Gasteiger partial charge on any atom is -0.467 e. The zero-order valence-corrected chi connectivity index (χ0v) is 25.1. The van der Waals surface area contributed by atoms with Crippen LogP contribution in [0.2, 0.25) is 0 Å². The molecule has 0 spiro atoms. The number of imidazole rings is 1. The summed E-state index contributed by atoms with van der Waals surface area (Å²) in [5.74, 6) is 1.12. The highest BCUT2D eigenvalue weighted by molar-refractivity contribution is 5.98. The average molecular weight is 609 g/mol. The number of carbonyl (C=O) groups is 2. The second kappa shape index (κ2) is 12.6. The van der Waals surface area contributed by atoms with E-state index in [1.165, 1.54) is 12.8 Å². The molecular formula is C34H36N6O5. The Hall–Kier alpha value is -4.90. The zero-order valence-electron chi connectivity index (χ0n) is 25.1. The highest BCUT2D eigenvalue weighted by Gasteiger charge is 2.37. The van der Waals surface area contributed by atoms with Crippen molar-refractivity contribution in [3.05, 3.63) is 95.3 Å². The number of carbonyl (C=O) groups excluding carboxylic acids is 2. The van der Waals surface area contributed by atoms with Gasteiger partial charge in [-0.2, -0.15) is 0 Å². The van der Waals surface area contributed by atoms with Crippen molar-refractivity contribution in [2.45, 2.75) is 31.0 Å². The average Bonchev–Trinajstić information content (AvgIpc) is 3.87. The van der Waals surface area contributed by atoms with Gasteiger partial charge in [0.25, 0.3) is 5.91 Å². The van der Waals surface area contributed by atoms with Crippen LogP contribution in [0.4, 0.5) is 10.5 Å². The predicted octanol–water partition coefficient (Wildman–Crippen LogP) is 4.68. The van der Waals surface area contributed by atoms with Crippen molar-refractivity contribution in [3.8, 4) is 0 Å². The summed E-state index contributed by atoms with van der Waals surface area (Å²) in [5, 5.41) is 2.71. The number of rotatable bonds is 7. The Kier molecular flexibility index (Phi) is 8.08. The number of alkyl carbamates (subject to hydrolysis) is 1. The normalized spacial score (nSPS) is 20.5. The Bertz CT molecular complexity index is 1700. The summed E-state index contributed by atoms with van der Waals surface area (Å²) < 4.78 is 16.6. The van der Waals surface area contributed by atoms with Gasteiger partial charge in [-0.1, -0.05) is 42.5 Å². The Morgan fingerprint density at radius 1 is 1.02 bits per heavy atom. The van der Waals surface area contributed by atoms with E-state index in [-0.39, 0.29) is 18.1 Å². The summed E-state index contributed by atoms with van der Waals surface area (Å²) in [4.78, 5) is 43.2. The lowest BCUT2D eigenvalue weighted by Crippen LogP contribution is -2.42. The van der Waals surface area contributed by atoms with Crippen molar-refractivity contribution in [1.29, 1.82) is 0 Å². The first-order valence-electron chi connectivity index (χ1n) is 15.4. The number of nitrogens with zero attached hydrogens (tertiary/aromatic N) is 4. The van der Waals surface area contributed by atoms with Gasteiger partial charge >= 0.3 is 6.09 Å². The Morgan fingerprint density at radius 2 is 1.82 bits per heavy atom. The molecule has 1 aromatic heterocycles. The molecule has 3 aliphatic heterocycles. The number of likely N-dealkylation sites (tertiary alicyclic amines) is 1. The second-order valence-corrected chi connectivity index (χ2v) is 11.5. The summed E-state index contributed by atoms with van der Waals surface area (Å²) in [6.07, 6.45) is 0.798. The number of methoxy groups -OCH3 is 1. The molecule has 2 N–H and O–H groups in total. The van der Waals surface area contributed by atoms with Crippen LogP contribution in [-0.2, 0) is 19.0 Å². The van der Waals surface area contributed by atoms with E-state index in [4.69, 9.17) is 24.2 Å². The molecule has 11 heteroatoms. The van der Waals surface area contributed by atoms with Crippen LogP contribution in [0, 0.1) is 0 Å². The van der Waals surface area contributed by atoms with Crippen LogP contribution < -0.4 is 10.2 Å². The number of benzene rings is 3. The number of aromatic nitrogens is 2. The van der Waals surface area contributed by atoms with E-state index in [0.717, 1.165) is 61.3 Å². The molecule has 2 fully saturated rings. The summed E-state index contributed by atoms with van der Waals surface area (Å²) in [7, 11) is 1.29. The molecule has 2 amide bonds. The Balaban J connectivity index is 1.06. The smallest absolute Gasteiger partial charge is 0.407 e. The van der Waals surface area contributed by atoms with Crippen LogP contribution in [0.1, 0.15) is 53.5 Å². The summed E-state index contributed by atoms with van der Waals surface area (Å²) in [5.41, 5.74) is 5.50. The molecule has 1 unspecified atom stereocenters. The fourth-order valence-corrected chi connectivity index (χ4v) is 6.34. The molecular weight excluding hydrogens is 572 g/mol. The van der Waals surface area contributed by atoms with E-state index in [0.29, 0.717) is 30.4 Å². The van der Waals surface area contributed by atoms with Gasteiger partial charge in [0.2, 0.25) is 5.90 Å². The number of hydrogen-bond donors (Lipinski definition) is 2. The van der Waals surface area contributed by atoms with Gasteiger partial charge in [-0.25, -0.2) is 14.8 Å². The van der Waals surface area contributed by atoms with Gasteiger partial charge in [0.1, 0.15) is 18.0 Å². The molecule has 0 aliphatic carbocycles. The molecule has 3 aromatic carbocycles. The summed E-state index contributed by atoms with van der Waals surface area (Å²) >= 11 is 0. The highest BCUT2D eigenvalue weighted by atomic mass is 16.5. The van der Waals surface area contributed by atoms with Crippen molar-refractivity contribution >= 4 is 34.6 Å². The molecule has 0 radical (unpaired) electrons. The number of hydrogen-bond acceptors (Lipinski definition) is 8. The van der Waals surface area contributed by atoms with Crippen LogP contribution >= 0.6 is 0 Å². The van der Waals surface area contributed by atoms with E-state index < -0.39 is 12.1 Å². The third-order valence-corrected chi connectivity index (χ3v) is 8.72. The first kappa shape index (κ1) is 28.8. The van der Waals surface area contributed by atoms with Gasteiger partial charge in [0, 0.05) is 30.9 Å². The lowest BCUT2D eigenvalue weighted by atomic mass is 10.1. The van der Waals surface area contributed by atoms with E-state index in [1.807, 2.05) is 48.5 Å². The van der Waals surface area contributed by atoms with E-state index in [9.17, 15) is 9.59 Å². The number of amides is 2. The van der Waals surface area contributed by atoms with Gasteiger partial charge in [-0.05, 0) is 54.3 Å². The van der Waals surface area contributed by atoms with Crippen molar-refractivity contribution in [1.82, 2.24) is 20.2 Å². The number of anilines is 1. The SMILES string of the molecule is COC(=O)N[C@@H](C(=O)N1CCC[C@H]1c1nc2ccc(C3=NCC(c4ccc(N5CCOCC5)cc4)O3)cc2[nH]1)c1ccccc1.